The highest BCUT2D eigenvalue weighted by Gasteiger charge is 2.45. The second kappa shape index (κ2) is 18.7. The number of fused-ring (bicyclic) bond motifs is 14. The molecule has 0 N–H and O–H groups in total. The summed E-state index contributed by atoms with van der Waals surface area (Å²) < 4.78 is 0. The Balaban J connectivity index is 0.000000141. The number of hydrogen-bond acceptors (Lipinski definition) is 6. The van der Waals surface area contributed by atoms with Gasteiger partial charge in [0, 0.05) is 96.3 Å². The maximum Gasteiger partial charge on any atom is 0.0746 e. The van der Waals surface area contributed by atoms with Gasteiger partial charge in [0.15, 0.2) is 0 Å². The minimum atomic E-state index is -0.207. The first-order valence-corrected chi connectivity index (χ1v) is 30.0. The maximum absolute atomic E-state index is 5.20. The Labute approximate surface area is 502 Å². The van der Waals surface area contributed by atoms with E-state index >= 15 is 0 Å². The van der Waals surface area contributed by atoms with E-state index in [9.17, 15) is 0 Å². The van der Waals surface area contributed by atoms with E-state index in [0.29, 0.717) is 0 Å². The van der Waals surface area contributed by atoms with Crippen LogP contribution in [0.2, 0.25) is 0 Å². The largest absolute Gasteiger partial charge is 0.256 e. The fourth-order valence-electron chi connectivity index (χ4n) is 14.6. The Morgan fingerprint density at radius 1 is 0.256 bits per heavy atom. The number of hydrogen-bond donors (Lipinski definition) is 0. The van der Waals surface area contributed by atoms with Gasteiger partial charge in [-0.25, -0.2) is 9.97 Å². The van der Waals surface area contributed by atoms with Crippen molar-refractivity contribution in [2.45, 2.75) is 77.0 Å². The zero-order valence-electron chi connectivity index (χ0n) is 49.6. The summed E-state index contributed by atoms with van der Waals surface area (Å²) in [4.78, 5) is 30.2. The molecular weight excluding hydrogens is 1040 g/mol. The first-order valence-electron chi connectivity index (χ1n) is 30.0. The Hall–Kier alpha value is -10.0. The molecule has 86 heavy (non-hydrogen) atoms. The van der Waals surface area contributed by atoms with E-state index in [2.05, 4.69) is 250 Å². The molecule has 6 nitrogen and oxygen atoms in total. The van der Waals surface area contributed by atoms with Gasteiger partial charge in [-0.15, -0.1) is 0 Å². The SMILES string of the molecule is CC1(C)c2cc3c(cc2-c2ncccc21)C(C)(C)c1cc(-c2cc(-c4ccccc4)c4ccccc4n2)cnc1-3.CC1(C)c2cc3c(cc2-c2ncccc21)C(C)(C)c1cc(-c2cc(-c4ccccc4)nc(-c4ccc5ccccc5c4)c2)cnc1-3. The van der Waals surface area contributed by atoms with E-state index in [-0.39, 0.29) is 21.7 Å². The van der Waals surface area contributed by atoms with Crippen LogP contribution < -0.4 is 0 Å². The number of rotatable bonds is 5. The fourth-order valence-corrected chi connectivity index (χ4v) is 14.6. The zero-order valence-corrected chi connectivity index (χ0v) is 49.6. The summed E-state index contributed by atoms with van der Waals surface area (Å²) in [5.74, 6) is 0. The van der Waals surface area contributed by atoms with Crippen LogP contribution in [-0.4, -0.2) is 29.9 Å². The van der Waals surface area contributed by atoms with Crippen molar-refractivity contribution in [1.82, 2.24) is 29.9 Å². The van der Waals surface area contributed by atoms with Gasteiger partial charge >= 0.3 is 0 Å². The van der Waals surface area contributed by atoms with Crippen molar-refractivity contribution >= 4 is 21.7 Å². The zero-order chi connectivity index (χ0) is 58.4. The van der Waals surface area contributed by atoms with E-state index in [4.69, 9.17) is 29.9 Å². The highest BCUT2D eigenvalue weighted by Crippen LogP contribution is 2.57. The number of pyridine rings is 6. The third kappa shape index (κ3) is 7.78. The van der Waals surface area contributed by atoms with Crippen molar-refractivity contribution in [2.24, 2.45) is 0 Å². The quantitative estimate of drug-likeness (QED) is 0.171. The van der Waals surface area contributed by atoms with Crippen LogP contribution >= 0.6 is 0 Å². The molecule has 13 aromatic rings. The molecule has 6 heterocycles. The summed E-state index contributed by atoms with van der Waals surface area (Å²) in [6, 6.07) is 73.9. The van der Waals surface area contributed by atoms with Gasteiger partial charge in [0.1, 0.15) is 0 Å². The second-order valence-corrected chi connectivity index (χ2v) is 25.9. The summed E-state index contributed by atoms with van der Waals surface area (Å²) >= 11 is 0. The van der Waals surface area contributed by atoms with Gasteiger partial charge in [0.05, 0.1) is 45.4 Å². The molecule has 412 valence electrons. The topological polar surface area (TPSA) is 77.3 Å². The van der Waals surface area contributed by atoms with Gasteiger partial charge in [0.25, 0.3) is 0 Å². The Morgan fingerprint density at radius 2 is 0.709 bits per heavy atom. The fraction of sp³-hybridized carbons (Fsp3) is 0.150. The van der Waals surface area contributed by atoms with E-state index in [1.807, 2.05) is 36.9 Å². The average Bonchev–Trinajstić information content (AvgIpc) is 1.59. The first kappa shape index (κ1) is 51.6. The molecule has 0 bridgehead atoms. The normalized spacial score (nSPS) is 15.1. The minimum absolute atomic E-state index is 0.0936. The number of benzene rings is 7. The van der Waals surface area contributed by atoms with Crippen molar-refractivity contribution in [2.75, 3.05) is 0 Å². The van der Waals surface area contributed by atoms with Crippen LogP contribution in [0.5, 0.6) is 0 Å². The molecule has 0 saturated carbocycles. The lowest BCUT2D eigenvalue weighted by molar-refractivity contribution is 0.651. The van der Waals surface area contributed by atoms with Gasteiger partial charge in [-0.05, 0) is 151 Å². The van der Waals surface area contributed by atoms with Crippen molar-refractivity contribution in [3.63, 3.8) is 0 Å². The Kier molecular flexibility index (Phi) is 11.2. The molecule has 6 heteroatoms. The first-order chi connectivity index (χ1) is 41.6. The smallest absolute Gasteiger partial charge is 0.0746 e. The maximum atomic E-state index is 5.20. The summed E-state index contributed by atoms with van der Waals surface area (Å²) in [5, 5.41) is 3.59. The van der Waals surface area contributed by atoms with Crippen LogP contribution in [-0.2, 0) is 21.7 Å². The number of para-hydroxylation sites is 1. The number of nitrogens with zero attached hydrogens (tertiary/aromatic N) is 6. The summed E-state index contributed by atoms with van der Waals surface area (Å²) in [6.45, 7) is 18.5. The van der Waals surface area contributed by atoms with Gasteiger partial charge in [-0.1, -0.05) is 183 Å². The van der Waals surface area contributed by atoms with Crippen molar-refractivity contribution in [1.29, 1.82) is 0 Å². The van der Waals surface area contributed by atoms with Gasteiger partial charge in [-0.3, -0.25) is 19.9 Å². The lowest BCUT2D eigenvalue weighted by Gasteiger charge is -2.24. The van der Waals surface area contributed by atoms with Crippen LogP contribution in [0.4, 0.5) is 0 Å². The molecule has 6 aromatic heterocycles. The third-order valence-corrected chi connectivity index (χ3v) is 19.5. The van der Waals surface area contributed by atoms with E-state index in [1.165, 1.54) is 88.7 Å². The summed E-state index contributed by atoms with van der Waals surface area (Å²) in [7, 11) is 0. The van der Waals surface area contributed by atoms with Crippen molar-refractivity contribution in [3.05, 3.63) is 276 Å². The molecule has 0 atom stereocenters. The van der Waals surface area contributed by atoms with Gasteiger partial charge in [0.2, 0.25) is 0 Å². The Bertz CT molecular complexity index is 4990. The summed E-state index contributed by atoms with van der Waals surface area (Å²) in [5.41, 5.74) is 30.8. The van der Waals surface area contributed by atoms with E-state index in [0.717, 1.165) is 78.6 Å². The molecule has 0 fully saturated rings. The molecule has 17 rings (SSSR count). The predicted molar refractivity (Wildman–Crippen MR) is 352 cm³/mol. The standard InChI is InChI=1S/C43H33N3.C37H29N3/c1-42(2)34-15-10-18-44-40(34)32-23-36-33(24-35(32)42)41-37(43(36,3)4)20-31(25-45-41)30-21-38(27-12-6-5-7-13-27)46-39(22-30)29-17-16-26-11-8-9-14-28(26)19-29;1-36(2)28-14-10-16-38-34(28)26-18-30-27(19-29(26)36)35-31(37(30,3)4)17-23(21-39-35)33-20-25(22-11-6-5-7-12-22)24-13-8-9-15-32(24)40-33/h5-25H,1-4H3;5-21H,1-4H3. The number of aromatic nitrogens is 6. The van der Waals surface area contributed by atoms with Crippen LogP contribution in [0.3, 0.4) is 0 Å². The molecule has 0 aliphatic heterocycles. The van der Waals surface area contributed by atoms with Crippen molar-refractivity contribution in [3.8, 4) is 101 Å². The van der Waals surface area contributed by atoms with Crippen LogP contribution in [0, 0.1) is 0 Å². The Morgan fingerprint density at radius 3 is 1.29 bits per heavy atom. The summed E-state index contributed by atoms with van der Waals surface area (Å²) in [6.07, 6.45) is 7.87. The molecule has 7 aromatic carbocycles. The van der Waals surface area contributed by atoms with Crippen molar-refractivity contribution < 1.29 is 0 Å². The molecule has 0 spiro atoms. The van der Waals surface area contributed by atoms with Crippen LogP contribution in [0.25, 0.3) is 123 Å². The monoisotopic (exact) mass is 1110 g/mol. The van der Waals surface area contributed by atoms with E-state index in [1.54, 1.807) is 0 Å². The lowest BCUT2D eigenvalue weighted by atomic mass is 9.79. The third-order valence-electron chi connectivity index (χ3n) is 19.5. The predicted octanol–water partition coefficient (Wildman–Crippen LogP) is 19.6. The van der Waals surface area contributed by atoms with Crippen LogP contribution in [0.15, 0.2) is 231 Å². The van der Waals surface area contributed by atoms with E-state index < -0.39 is 0 Å². The molecule has 0 amide bonds. The lowest BCUT2D eigenvalue weighted by Crippen LogP contribution is -2.17. The minimum Gasteiger partial charge on any atom is -0.256 e. The van der Waals surface area contributed by atoms with Crippen LogP contribution in [0.1, 0.15) is 99.9 Å². The molecule has 0 radical (unpaired) electrons. The molecular formula is C80H62N6. The molecule has 0 unspecified atom stereocenters. The second-order valence-electron chi connectivity index (χ2n) is 25.9. The van der Waals surface area contributed by atoms with Gasteiger partial charge < -0.3 is 0 Å². The highest BCUT2D eigenvalue weighted by atomic mass is 14.8. The molecule has 4 aliphatic rings. The highest BCUT2D eigenvalue weighted by molar-refractivity contribution is 5.98. The molecule has 0 saturated heterocycles. The molecule has 4 aliphatic carbocycles. The van der Waals surface area contributed by atoms with Gasteiger partial charge in [-0.2, -0.15) is 0 Å². The average molecular weight is 1110 g/mol.